The van der Waals surface area contributed by atoms with Crippen LogP contribution in [0.15, 0.2) is 24.3 Å². The number of carbonyl (C=O) groups is 1. The van der Waals surface area contributed by atoms with Crippen LogP contribution in [0.3, 0.4) is 0 Å². The smallest absolute Gasteiger partial charge is 0.254 e. The summed E-state index contributed by atoms with van der Waals surface area (Å²) in [5.74, 6) is 1.58. The third-order valence-electron chi connectivity index (χ3n) is 5.04. The fraction of sp³-hybridized carbons (Fsp3) is 0.500. The lowest BCUT2D eigenvalue weighted by molar-refractivity contribution is 0.0727. The lowest BCUT2D eigenvalue weighted by Crippen LogP contribution is -2.32. The Morgan fingerprint density at radius 3 is 2.71 bits per heavy atom. The molecular weight excluding hydrogens is 307 g/mol. The Bertz CT molecular complexity index is 740. The van der Waals surface area contributed by atoms with Gasteiger partial charge < -0.3 is 9.47 Å². The Hall–Kier alpha value is -2.24. The molecule has 5 nitrogen and oxygen atoms in total. The number of hydrogen-bond acceptors (Lipinski definition) is 3. The second-order valence-corrected chi connectivity index (χ2v) is 6.60. The van der Waals surface area contributed by atoms with E-state index >= 15 is 0 Å². The highest BCUT2D eigenvalue weighted by Crippen LogP contribution is 2.33. The largest absolute Gasteiger partial charge is 0.328 e. The maximum absolute atomic E-state index is 13.1. The van der Waals surface area contributed by atoms with E-state index in [-0.39, 0.29) is 17.8 Å². The zero-order valence-corrected chi connectivity index (χ0v) is 13.6. The quantitative estimate of drug-likeness (QED) is 0.851. The molecule has 0 bridgehead atoms. The predicted octanol–water partition coefficient (Wildman–Crippen LogP) is 3.12. The van der Waals surface area contributed by atoms with Gasteiger partial charge in [-0.1, -0.05) is 6.42 Å². The maximum atomic E-state index is 13.1. The Kier molecular flexibility index (Phi) is 4.04. The number of benzene rings is 1. The molecule has 0 radical (unpaired) electrons. The minimum Gasteiger partial charge on any atom is -0.328 e. The lowest BCUT2D eigenvalue weighted by atomic mass is 10.1. The summed E-state index contributed by atoms with van der Waals surface area (Å²) in [4.78, 5) is 14.7. The molecule has 1 aromatic carbocycles. The van der Waals surface area contributed by atoms with E-state index in [1.165, 1.54) is 18.6 Å². The summed E-state index contributed by atoms with van der Waals surface area (Å²) in [5.41, 5.74) is 0.527. The number of rotatable bonds is 2. The topological polar surface area (TPSA) is 51.0 Å². The van der Waals surface area contributed by atoms with Crippen LogP contribution in [0.5, 0.6) is 0 Å². The van der Waals surface area contributed by atoms with Crippen molar-refractivity contribution in [3.05, 3.63) is 47.3 Å². The summed E-state index contributed by atoms with van der Waals surface area (Å²) in [5, 5.41) is 8.79. The van der Waals surface area contributed by atoms with Gasteiger partial charge in [-0.25, -0.2) is 4.39 Å². The summed E-state index contributed by atoms with van der Waals surface area (Å²) in [6, 6.07) is 5.75. The first kappa shape index (κ1) is 15.3. The van der Waals surface area contributed by atoms with Crippen molar-refractivity contribution in [3.8, 4) is 0 Å². The molecule has 0 aliphatic carbocycles. The van der Waals surface area contributed by atoms with Gasteiger partial charge in [-0.05, 0) is 49.9 Å². The van der Waals surface area contributed by atoms with Crippen molar-refractivity contribution in [2.24, 2.45) is 0 Å². The van der Waals surface area contributed by atoms with Crippen LogP contribution in [0.4, 0.5) is 4.39 Å². The van der Waals surface area contributed by atoms with E-state index in [9.17, 15) is 9.18 Å². The Balaban J connectivity index is 1.62. The van der Waals surface area contributed by atoms with Gasteiger partial charge in [-0.15, -0.1) is 10.2 Å². The number of fused-ring (bicyclic) bond motifs is 1. The summed E-state index contributed by atoms with van der Waals surface area (Å²) < 4.78 is 15.3. The lowest BCUT2D eigenvalue weighted by Gasteiger charge is -2.24. The summed E-state index contributed by atoms with van der Waals surface area (Å²) in [6.45, 7) is 1.65. The summed E-state index contributed by atoms with van der Waals surface area (Å²) in [7, 11) is 0. The number of aryl methyl sites for hydroxylation is 1. The molecular formula is C18H21FN4O. The zero-order valence-electron chi connectivity index (χ0n) is 13.6. The average Bonchev–Trinajstić information content (AvgIpc) is 3.16. The van der Waals surface area contributed by atoms with Crippen molar-refractivity contribution in [2.45, 2.75) is 51.1 Å². The molecule has 126 valence electrons. The monoisotopic (exact) mass is 328 g/mol. The van der Waals surface area contributed by atoms with E-state index in [2.05, 4.69) is 14.8 Å². The van der Waals surface area contributed by atoms with Crippen LogP contribution in [0.25, 0.3) is 0 Å². The molecule has 0 spiro atoms. The number of nitrogens with zero attached hydrogens (tertiary/aromatic N) is 4. The zero-order chi connectivity index (χ0) is 16.5. The molecule has 4 rings (SSSR count). The van der Waals surface area contributed by atoms with Gasteiger partial charge in [0.25, 0.3) is 5.91 Å². The minimum absolute atomic E-state index is 0.0260. The van der Waals surface area contributed by atoms with E-state index in [1.54, 1.807) is 12.1 Å². The van der Waals surface area contributed by atoms with Gasteiger partial charge in [-0.2, -0.15) is 0 Å². The van der Waals surface area contributed by atoms with Crippen LogP contribution in [0.1, 0.15) is 60.2 Å². The van der Waals surface area contributed by atoms with Crippen LogP contribution in [-0.4, -0.2) is 32.1 Å². The van der Waals surface area contributed by atoms with Gasteiger partial charge in [0.2, 0.25) is 0 Å². The first-order chi connectivity index (χ1) is 11.7. The molecule has 1 amide bonds. The molecule has 1 fully saturated rings. The van der Waals surface area contributed by atoms with Gasteiger partial charge in [-0.3, -0.25) is 4.79 Å². The molecule has 1 aromatic heterocycles. The van der Waals surface area contributed by atoms with E-state index in [0.29, 0.717) is 12.1 Å². The summed E-state index contributed by atoms with van der Waals surface area (Å²) >= 11 is 0. The van der Waals surface area contributed by atoms with Gasteiger partial charge in [0.05, 0.1) is 6.04 Å². The molecule has 6 heteroatoms. The number of amides is 1. The van der Waals surface area contributed by atoms with E-state index in [1.807, 2.05) is 4.90 Å². The van der Waals surface area contributed by atoms with Crippen LogP contribution in [0, 0.1) is 5.82 Å². The third-order valence-corrected chi connectivity index (χ3v) is 5.04. The molecule has 1 atom stereocenters. The summed E-state index contributed by atoms with van der Waals surface area (Å²) in [6.07, 6.45) is 6.33. The van der Waals surface area contributed by atoms with Crippen molar-refractivity contribution in [1.29, 1.82) is 0 Å². The second-order valence-electron chi connectivity index (χ2n) is 6.60. The first-order valence-electron chi connectivity index (χ1n) is 8.72. The normalized spacial score (nSPS) is 20.7. The van der Waals surface area contributed by atoms with Gasteiger partial charge in [0, 0.05) is 25.1 Å². The molecule has 24 heavy (non-hydrogen) atoms. The Morgan fingerprint density at radius 2 is 1.88 bits per heavy atom. The molecule has 2 aliphatic heterocycles. The predicted molar refractivity (Wildman–Crippen MR) is 87.0 cm³/mol. The molecule has 0 N–H and O–H groups in total. The van der Waals surface area contributed by atoms with Gasteiger partial charge >= 0.3 is 0 Å². The van der Waals surface area contributed by atoms with Crippen LogP contribution < -0.4 is 0 Å². The first-order valence-corrected chi connectivity index (χ1v) is 8.72. The minimum atomic E-state index is -0.327. The standard InChI is InChI=1S/C18H21FN4O/c19-14-9-7-13(8-10-14)18(24)22-12-4-5-15(22)17-21-20-16-6-2-1-3-11-23(16)17/h7-10,15H,1-6,11-12H2. The highest BCUT2D eigenvalue weighted by Gasteiger charge is 2.34. The fourth-order valence-electron chi connectivity index (χ4n) is 3.79. The average molecular weight is 328 g/mol. The highest BCUT2D eigenvalue weighted by atomic mass is 19.1. The SMILES string of the molecule is O=C(c1ccc(F)cc1)N1CCCC1c1nnc2n1CCCCC2. The third kappa shape index (κ3) is 2.70. The van der Waals surface area contributed by atoms with Crippen molar-refractivity contribution >= 4 is 5.91 Å². The molecule has 2 aliphatic rings. The van der Waals surface area contributed by atoms with E-state index in [0.717, 1.165) is 50.3 Å². The van der Waals surface area contributed by atoms with Crippen LogP contribution >= 0.6 is 0 Å². The maximum Gasteiger partial charge on any atom is 0.254 e. The van der Waals surface area contributed by atoms with Crippen molar-refractivity contribution in [2.75, 3.05) is 6.54 Å². The number of hydrogen-bond donors (Lipinski definition) is 0. The number of carbonyl (C=O) groups excluding carboxylic acids is 1. The molecule has 0 saturated carbocycles. The Morgan fingerprint density at radius 1 is 1.04 bits per heavy atom. The van der Waals surface area contributed by atoms with Gasteiger partial charge in [0.1, 0.15) is 11.6 Å². The molecule has 1 unspecified atom stereocenters. The van der Waals surface area contributed by atoms with E-state index in [4.69, 9.17) is 0 Å². The van der Waals surface area contributed by atoms with E-state index < -0.39 is 0 Å². The van der Waals surface area contributed by atoms with Crippen LogP contribution in [-0.2, 0) is 13.0 Å². The number of likely N-dealkylation sites (tertiary alicyclic amines) is 1. The number of aromatic nitrogens is 3. The van der Waals surface area contributed by atoms with Crippen molar-refractivity contribution < 1.29 is 9.18 Å². The second kappa shape index (κ2) is 6.34. The van der Waals surface area contributed by atoms with Crippen molar-refractivity contribution in [1.82, 2.24) is 19.7 Å². The van der Waals surface area contributed by atoms with Crippen molar-refractivity contribution in [3.63, 3.8) is 0 Å². The molecule has 3 heterocycles. The fourth-order valence-corrected chi connectivity index (χ4v) is 3.79. The highest BCUT2D eigenvalue weighted by molar-refractivity contribution is 5.94. The molecule has 1 saturated heterocycles. The van der Waals surface area contributed by atoms with Gasteiger partial charge in [0.15, 0.2) is 5.82 Å². The Labute approximate surface area is 140 Å². The van der Waals surface area contributed by atoms with Crippen LogP contribution in [0.2, 0.25) is 0 Å². The number of halogens is 1. The molecule has 2 aromatic rings.